The molecule has 0 saturated heterocycles. The summed E-state index contributed by atoms with van der Waals surface area (Å²) in [5.74, 6) is 4.84. The van der Waals surface area contributed by atoms with Crippen molar-refractivity contribution >= 4 is 11.6 Å². The molecule has 1 rings (SSSR count). The van der Waals surface area contributed by atoms with Gasteiger partial charge in [-0.15, -0.1) is 0 Å². The summed E-state index contributed by atoms with van der Waals surface area (Å²) in [6, 6.07) is 4.84. The SMILES string of the molecule is CC(Cc1ccc(F)c(Cl)c1)NN. The fraction of sp³-hybridized carbons (Fsp3) is 0.333. The first kappa shape index (κ1) is 10.4. The van der Waals surface area contributed by atoms with Gasteiger partial charge in [0.05, 0.1) is 5.02 Å². The van der Waals surface area contributed by atoms with Crippen LogP contribution in [0.5, 0.6) is 0 Å². The van der Waals surface area contributed by atoms with E-state index in [1.807, 2.05) is 6.92 Å². The lowest BCUT2D eigenvalue weighted by Crippen LogP contribution is -2.34. The second-order valence-corrected chi connectivity index (χ2v) is 3.43. The highest BCUT2D eigenvalue weighted by Crippen LogP contribution is 2.16. The normalized spacial score (nSPS) is 12.9. The predicted octanol–water partition coefficient (Wildman–Crippen LogP) is 1.87. The molecule has 0 heterocycles. The van der Waals surface area contributed by atoms with Crippen LogP contribution in [-0.2, 0) is 6.42 Å². The molecule has 13 heavy (non-hydrogen) atoms. The van der Waals surface area contributed by atoms with Crippen molar-refractivity contribution in [3.63, 3.8) is 0 Å². The summed E-state index contributed by atoms with van der Waals surface area (Å²) in [4.78, 5) is 0. The molecule has 0 aliphatic heterocycles. The van der Waals surface area contributed by atoms with E-state index in [2.05, 4.69) is 5.43 Å². The number of nitrogens with one attached hydrogen (secondary N) is 1. The van der Waals surface area contributed by atoms with Crippen molar-refractivity contribution in [2.75, 3.05) is 0 Å². The molecule has 0 radical (unpaired) electrons. The number of benzene rings is 1. The molecule has 0 spiro atoms. The van der Waals surface area contributed by atoms with Gasteiger partial charge in [0.25, 0.3) is 0 Å². The number of rotatable bonds is 3. The molecule has 0 fully saturated rings. The van der Waals surface area contributed by atoms with Crippen LogP contribution in [-0.4, -0.2) is 6.04 Å². The molecule has 0 aliphatic carbocycles. The molecule has 4 heteroatoms. The third-order valence-corrected chi connectivity index (χ3v) is 2.10. The molecule has 1 unspecified atom stereocenters. The Morgan fingerprint density at radius 1 is 1.62 bits per heavy atom. The van der Waals surface area contributed by atoms with E-state index < -0.39 is 5.82 Å². The zero-order valence-corrected chi connectivity index (χ0v) is 8.11. The number of hydrazine groups is 1. The fourth-order valence-electron chi connectivity index (χ4n) is 1.08. The van der Waals surface area contributed by atoms with Gasteiger partial charge in [-0.25, -0.2) is 4.39 Å². The van der Waals surface area contributed by atoms with Gasteiger partial charge < -0.3 is 0 Å². The topological polar surface area (TPSA) is 38.0 Å². The van der Waals surface area contributed by atoms with E-state index in [9.17, 15) is 4.39 Å². The smallest absolute Gasteiger partial charge is 0.141 e. The van der Waals surface area contributed by atoms with Gasteiger partial charge in [0.2, 0.25) is 0 Å². The molecule has 0 bridgehead atoms. The average Bonchev–Trinajstić information content (AvgIpc) is 2.11. The fourth-order valence-corrected chi connectivity index (χ4v) is 1.28. The van der Waals surface area contributed by atoms with E-state index in [0.29, 0.717) is 0 Å². The van der Waals surface area contributed by atoms with Gasteiger partial charge in [-0.2, -0.15) is 0 Å². The van der Waals surface area contributed by atoms with E-state index in [1.54, 1.807) is 12.1 Å². The minimum Gasteiger partial charge on any atom is -0.271 e. The van der Waals surface area contributed by atoms with Crippen molar-refractivity contribution in [2.45, 2.75) is 19.4 Å². The summed E-state index contributed by atoms with van der Waals surface area (Å²) in [6.45, 7) is 1.94. The van der Waals surface area contributed by atoms with Gasteiger partial charge in [-0.05, 0) is 31.0 Å². The molecule has 0 saturated carbocycles. The number of hydrogen-bond acceptors (Lipinski definition) is 2. The molecule has 0 amide bonds. The van der Waals surface area contributed by atoms with Crippen LogP contribution in [0.2, 0.25) is 5.02 Å². The summed E-state index contributed by atoms with van der Waals surface area (Å²) in [5, 5.41) is 0.154. The predicted molar refractivity (Wildman–Crippen MR) is 51.9 cm³/mol. The second-order valence-electron chi connectivity index (χ2n) is 3.02. The average molecular weight is 203 g/mol. The van der Waals surface area contributed by atoms with Crippen molar-refractivity contribution < 1.29 is 4.39 Å². The minimum absolute atomic E-state index is 0.154. The Kier molecular flexibility index (Phi) is 3.66. The molecule has 0 aliphatic rings. The lowest BCUT2D eigenvalue weighted by atomic mass is 10.1. The lowest BCUT2D eigenvalue weighted by molar-refractivity contribution is 0.566. The Bertz CT molecular complexity index is 291. The third-order valence-electron chi connectivity index (χ3n) is 1.81. The van der Waals surface area contributed by atoms with Crippen molar-refractivity contribution in [3.8, 4) is 0 Å². The van der Waals surface area contributed by atoms with Crippen LogP contribution in [0.25, 0.3) is 0 Å². The van der Waals surface area contributed by atoms with Crippen LogP contribution in [0.4, 0.5) is 4.39 Å². The summed E-state index contributed by atoms with van der Waals surface area (Å²) in [7, 11) is 0. The molecule has 0 aromatic heterocycles. The highest BCUT2D eigenvalue weighted by atomic mass is 35.5. The van der Waals surface area contributed by atoms with Gasteiger partial charge in [0.1, 0.15) is 5.82 Å². The van der Waals surface area contributed by atoms with E-state index in [-0.39, 0.29) is 11.1 Å². The first-order valence-electron chi connectivity index (χ1n) is 4.03. The second kappa shape index (κ2) is 4.56. The Balaban J connectivity index is 2.73. The number of hydrogen-bond donors (Lipinski definition) is 2. The van der Waals surface area contributed by atoms with Gasteiger partial charge in [0, 0.05) is 6.04 Å². The lowest BCUT2D eigenvalue weighted by Gasteiger charge is -2.09. The standard InChI is InChI=1S/C9H12ClFN2/c1-6(13-12)4-7-2-3-9(11)8(10)5-7/h2-3,5-6,13H,4,12H2,1H3. The van der Waals surface area contributed by atoms with E-state index in [4.69, 9.17) is 17.4 Å². The summed E-state index contributed by atoms with van der Waals surface area (Å²) >= 11 is 5.61. The van der Waals surface area contributed by atoms with Gasteiger partial charge in [0.15, 0.2) is 0 Å². The maximum absolute atomic E-state index is 12.7. The molecule has 2 nitrogen and oxygen atoms in total. The molecule has 1 aromatic carbocycles. The maximum atomic E-state index is 12.7. The summed E-state index contributed by atoms with van der Waals surface area (Å²) in [6.07, 6.45) is 0.733. The van der Waals surface area contributed by atoms with Crippen LogP contribution < -0.4 is 11.3 Å². The Morgan fingerprint density at radius 3 is 2.85 bits per heavy atom. The van der Waals surface area contributed by atoms with Gasteiger partial charge >= 0.3 is 0 Å². The van der Waals surface area contributed by atoms with Gasteiger partial charge in [-0.3, -0.25) is 11.3 Å². The molecular weight excluding hydrogens is 191 g/mol. The van der Waals surface area contributed by atoms with Crippen LogP contribution in [0.15, 0.2) is 18.2 Å². The molecule has 72 valence electrons. The van der Waals surface area contributed by atoms with E-state index in [0.717, 1.165) is 12.0 Å². The third kappa shape index (κ3) is 2.95. The van der Waals surface area contributed by atoms with Crippen LogP contribution in [0.3, 0.4) is 0 Å². The number of halogens is 2. The Hall–Kier alpha value is -0.640. The monoisotopic (exact) mass is 202 g/mol. The zero-order valence-electron chi connectivity index (χ0n) is 7.35. The quantitative estimate of drug-likeness (QED) is 0.580. The van der Waals surface area contributed by atoms with Crippen molar-refractivity contribution in [2.24, 2.45) is 5.84 Å². The van der Waals surface area contributed by atoms with Gasteiger partial charge in [-0.1, -0.05) is 17.7 Å². The molecule has 3 N–H and O–H groups in total. The van der Waals surface area contributed by atoms with Crippen molar-refractivity contribution in [1.29, 1.82) is 0 Å². The first-order valence-corrected chi connectivity index (χ1v) is 4.41. The van der Waals surface area contributed by atoms with Crippen LogP contribution in [0, 0.1) is 5.82 Å². The van der Waals surface area contributed by atoms with Crippen LogP contribution in [0.1, 0.15) is 12.5 Å². The minimum atomic E-state index is -0.390. The highest BCUT2D eigenvalue weighted by Gasteiger charge is 2.04. The zero-order chi connectivity index (χ0) is 9.84. The van der Waals surface area contributed by atoms with Crippen LogP contribution >= 0.6 is 11.6 Å². The molecular formula is C9H12ClFN2. The highest BCUT2D eigenvalue weighted by molar-refractivity contribution is 6.30. The van der Waals surface area contributed by atoms with Crippen molar-refractivity contribution in [3.05, 3.63) is 34.6 Å². The first-order chi connectivity index (χ1) is 6.13. The summed E-state index contributed by atoms with van der Waals surface area (Å²) in [5.41, 5.74) is 3.58. The molecule has 1 aromatic rings. The summed E-state index contributed by atoms with van der Waals surface area (Å²) < 4.78 is 12.7. The largest absolute Gasteiger partial charge is 0.271 e. The van der Waals surface area contributed by atoms with E-state index >= 15 is 0 Å². The Morgan fingerprint density at radius 2 is 2.31 bits per heavy atom. The van der Waals surface area contributed by atoms with E-state index in [1.165, 1.54) is 6.07 Å². The maximum Gasteiger partial charge on any atom is 0.141 e. The number of nitrogens with two attached hydrogens (primary N) is 1. The van der Waals surface area contributed by atoms with Crippen molar-refractivity contribution in [1.82, 2.24) is 5.43 Å². The Labute approximate surface area is 81.9 Å². The molecule has 1 atom stereocenters.